The van der Waals surface area contributed by atoms with Crippen molar-refractivity contribution in [2.24, 2.45) is 23.7 Å². The Morgan fingerprint density at radius 3 is 1.24 bits per heavy atom. The molecule has 62 heavy (non-hydrogen) atoms. The lowest BCUT2D eigenvalue weighted by molar-refractivity contribution is -0.136. The van der Waals surface area contributed by atoms with Crippen LogP contribution in [0.25, 0.3) is 12.2 Å². The van der Waals surface area contributed by atoms with E-state index in [-0.39, 0.29) is 61.1 Å². The highest BCUT2D eigenvalue weighted by Crippen LogP contribution is 2.51. The van der Waals surface area contributed by atoms with Gasteiger partial charge in [0.15, 0.2) is 0 Å². The Kier molecular flexibility index (Phi) is 12.6. The first-order valence-electron chi connectivity index (χ1n) is 20.9. The fourth-order valence-corrected chi connectivity index (χ4v) is 10.0. The molecule has 2 N–H and O–H groups in total. The molecule has 2 fully saturated rings. The summed E-state index contributed by atoms with van der Waals surface area (Å²) >= 11 is 0. The van der Waals surface area contributed by atoms with Gasteiger partial charge in [0, 0.05) is 100.0 Å². The number of benzene rings is 2. The third kappa shape index (κ3) is 7.40. The maximum Gasteiger partial charge on any atom is 0.258 e. The van der Waals surface area contributed by atoms with Crippen molar-refractivity contribution in [1.82, 2.24) is 28.7 Å². The van der Waals surface area contributed by atoms with E-state index in [1.54, 1.807) is 132 Å². The second-order valence-corrected chi connectivity index (χ2v) is 16.6. The predicted octanol–water partition coefficient (Wildman–Crippen LogP) is 3.55. The number of aliphatic hydroxyl groups excluding tert-OH is 2. The Bertz CT molecular complexity index is 2350. The smallest absolute Gasteiger partial charge is 0.258 e. The van der Waals surface area contributed by atoms with Crippen molar-refractivity contribution in [3.8, 4) is 0 Å². The first-order chi connectivity index (χ1) is 29.8. The molecule has 4 aromatic rings. The van der Waals surface area contributed by atoms with Crippen LogP contribution in [0.1, 0.15) is 69.2 Å². The highest BCUT2D eigenvalue weighted by molar-refractivity contribution is 5.97. The molecular weight excluding hydrogens is 789 g/mol. The number of allylic oxidation sites excluding steroid dienone is 2. The number of aliphatic hydroxyl groups is 2. The van der Waals surface area contributed by atoms with Gasteiger partial charge in [-0.25, -0.2) is 0 Å². The molecule has 0 unspecified atom stereocenters. The molecule has 4 bridgehead atoms. The zero-order valence-corrected chi connectivity index (χ0v) is 35.9. The standard InChI is InChI=1S/2C24H27N3O4/c2*1-4-8-15-11-12-18-21-20(24(31)25(2)3)17(14-28)19(13-26(18)22(15)29)27(21)23(30)16-9-6-5-7-10-16/h2*4-12,17,19-21,28H,13-14H2,1-3H3/b8-4+;8-4-/t2*17-,19-,20+,21+/m00/s1. The lowest BCUT2D eigenvalue weighted by Gasteiger charge is -2.38. The fourth-order valence-electron chi connectivity index (χ4n) is 10.0. The minimum atomic E-state index is -0.627. The first-order valence-corrected chi connectivity index (χ1v) is 20.9. The van der Waals surface area contributed by atoms with E-state index < -0.39 is 47.8 Å². The minimum Gasteiger partial charge on any atom is -0.396 e. The molecule has 0 radical (unpaired) electrons. The lowest BCUT2D eigenvalue weighted by atomic mass is 9.86. The minimum absolute atomic E-state index is 0.146. The van der Waals surface area contributed by atoms with Gasteiger partial charge in [-0.3, -0.25) is 28.8 Å². The van der Waals surface area contributed by atoms with Gasteiger partial charge in [0.2, 0.25) is 11.8 Å². The molecular formula is C48H54N6O8. The summed E-state index contributed by atoms with van der Waals surface area (Å²) < 4.78 is 3.34. The van der Waals surface area contributed by atoms with Crippen molar-refractivity contribution in [3.63, 3.8) is 0 Å². The van der Waals surface area contributed by atoms with Crippen LogP contribution >= 0.6 is 0 Å². The van der Waals surface area contributed by atoms with Crippen LogP contribution in [0.4, 0.5) is 0 Å². The molecule has 2 aromatic carbocycles. The second kappa shape index (κ2) is 17.9. The molecule has 4 aliphatic rings. The lowest BCUT2D eigenvalue weighted by Crippen LogP contribution is -2.49. The van der Waals surface area contributed by atoms with E-state index in [9.17, 15) is 39.0 Å². The third-order valence-corrected chi connectivity index (χ3v) is 12.8. The van der Waals surface area contributed by atoms with Crippen LogP contribution in [0.15, 0.2) is 107 Å². The van der Waals surface area contributed by atoms with Crippen molar-refractivity contribution >= 4 is 35.8 Å². The maximum absolute atomic E-state index is 13.5. The van der Waals surface area contributed by atoms with E-state index in [1.807, 2.05) is 38.1 Å². The van der Waals surface area contributed by atoms with Crippen LogP contribution in [-0.2, 0) is 22.7 Å². The summed E-state index contributed by atoms with van der Waals surface area (Å²) in [5.41, 5.74) is 3.14. The van der Waals surface area contributed by atoms with E-state index in [0.717, 1.165) is 0 Å². The Morgan fingerprint density at radius 2 is 0.935 bits per heavy atom. The molecule has 4 amide bonds. The first kappa shape index (κ1) is 43.7. The fraction of sp³-hybridized carbons (Fsp3) is 0.375. The monoisotopic (exact) mass is 842 g/mol. The number of carbonyl (C=O) groups excluding carboxylic acids is 4. The number of rotatable bonds is 8. The average Bonchev–Trinajstić information content (AvgIpc) is 3.66. The largest absolute Gasteiger partial charge is 0.396 e. The van der Waals surface area contributed by atoms with Gasteiger partial charge < -0.3 is 38.9 Å². The van der Waals surface area contributed by atoms with Gasteiger partial charge in [0.1, 0.15) is 0 Å². The Morgan fingerprint density at radius 1 is 0.581 bits per heavy atom. The van der Waals surface area contributed by atoms with E-state index in [2.05, 4.69) is 0 Å². The van der Waals surface area contributed by atoms with Gasteiger partial charge in [0.25, 0.3) is 22.9 Å². The Hall–Kier alpha value is -6.38. The number of hydrogen-bond donors (Lipinski definition) is 2. The number of nitrogens with zero attached hydrogens (tertiary/aromatic N) is 6. The highest BCUT2D eigenvalue weighted by Gasteiger charge is 2.59. The van der Waals surface area contributed by atoms with Crippen molar-refractivity contribution in [3.05, 3.63) is 151 Å². The van der Waals surface area contributed by atoms with Gasteiger partial charge in [-0.15, -0.1) is 0 Å². The van der Waals surface area contributed by atoms with Gasteiger partial charge >= 0.3 is 0 Å². The van der Waals surface area contributed by atoms with Gasteiger partial charge in [0.05, 0.1) is 36.0 Å². The van der Waals surface area contributed by atoms with E-state index in [0.29, 0.717) is 33.6 Å². The summed E-state index contributed by atoms with van der Waals surface area (Å²) in [6, 6.07) is 22.8. The molecule has 8 rings (SSSR count). The molecule has 0 aliphatic carbocycles. The Balaban J connectivity index is 0.000000186. The summed E-state index contributed by atoms with van der Waals surface area (Å²) in [5.74, 6) is -2.88. The zero-order chi connectivity index (χ0) is 44.6. The molecule has 0 spiro atoms. The molecule has 2 saturated heterocycles. The molecule has 4 aliphatic heterocycles. The molecule has 14 nitrogen and oxygen atoms in total. The van der Waals surface area contributed by atoms with Crippen LogP contribution in [0.2, 0.25) is 0 Å². The zero-order valence-electron chi connectivity index (χ0n) is 35.9. The van der Waals surface area contributed by atoms with E-state index in [1.165, 1.54) is 9.80 Å². The number of fused-ring (bicyclic) bond motifs is 8. The number of pyridine rings is 2. The van der Waals surface area contributed by atoms with Gasteiger partial charge in [-0.05, 0) is 62.4 Å². The SMILES string of the molecule is C/C=C/c1ccc2n(c1=O)C[C@H]1[C@H](CO)[C@@H](C(=O)N(C)C)[C@@H]2N1C(=O)c1ccccc1.C/C=C\c1ccc2n(c1=O)C[C@H]1[C@H](CO)[C@@H](C(=O)N(C)C)[C@@H]2N1C(=O)c1ccccc1. The van der Waals surface area contributed by atoms with Crippen molar-refractivity contribution < 1.29 is 29.4 Å². The summed E-state index contributed by atoms with van der Waals surface area (Å²) in [6.45, 7) is 3.71. The Labute approximate surface area is 360 Å². The summed E-state index contributed by atoms with van der Waals surface area (Å²) in [6.07, 6.45) is 7.12. The van der Waals surface area contributed by atoms with Crippen molar-refractivity contribution in [1.29, 1.82) is 0 Å². The normalized spacial score (nSPS) is 24.3. The summed E-state index contributed by atoms with van der Waals surface area (Å²) in [5, 5.41) is 20.5. The van der Waals surface area contributed by atoms with Crippen LogP contribution in [-0.4, -0.2) is 116 Å². The predicted molar refractivity (Wildman–Crippen MR) is 235 cm³/mol. The van der Waals surface area contributed by atoms with Crippen LogP contribution in [0, 0.1) is 23.7 Å². The average molecular weight is 843 g/mol. The summed E-state index contributed by atoms with van der Waals surface area (Å²) in [7, 11) is 6.69. The molecule has 6 heterocycles. The highest BCUT2D eigenvalue weighted by atomic mass is 16.3. The topological polar surface area (TPSA) is 166 Å². The van der Waals surface area contributed by atoms with E-state index in [4.69, 9.17) is 0 Å². The van der Waals surface area contributed by atoms with Crippen molar-refractivity contribution in [2.75, 3.05) is 41.4 Å². The van der Waals surface area contributed by atoms with E-state index >= 15 is 0 Å². The molecule has 8 atom stereocenters. The maximum atomic E-state index is 13.5. The quantitative estimate of drug-likeness (QED) is 0.272. The second-order valence-electron chi connectivity index (χ2n) is 16.6. The number of hydrogen-bond acceptors (Lipinski definition) is 8. The van der Waals surface area contributed by atoms with Crippen LogP contribution < -0.4 is 11.1 Å². The molecule has 2 aromatic heterocycles. The molecule has 14 heteroatoms. The van der Waals surface area contributed by atoms with Crippen molar-refractivity contribution in [2.45, 2.75) is 51.1 Å². The molecule has 324 valence electrons. The van der Waals surface area contributed by atoms with Gasteiger partial charge in [-0.1, -0.05) is 60.7 Å². The van der Waals surface area contributed by atoms with Crippen LogP contribution in [0.3, 0.4) is 0 Å². The number of aromatic nitrogens is 2. The van der Waals surface area contributed by atoms with Gasteiger partial charge in [-0.2, -0.15) is 0 Å². The summed E-state index contributed by atoms with van der Waals surface area (Å²) in [4.78, 5) is 86.2. The van der Waals surface area contributed by atoms with Crippen LogP contribution in [0.5, 0.6) is 0 Å². The third-order valence-electron chi connectivity index (χ3n) is 12.8. The number of carbonyl (C=O) groups is 4. The number of amides is 4. The molecule has 0 saturated carbocycles.